The van der Waals surface area contributed by atoms with Gasteiger partial charge in [0.1, 0.15) is 5.82 Å². The number of H-pyrrole nitrogens is 1. The van der Waals surface area contributed by atoms with Crippen molar-refractivity contribution in [2.75, 3.05) is 0 Å². The number of aromatic amines is 1. The predicted octanol–water partition coefficient (Wildman–Crippen LogP) is 3.80. The molecule has 0 fully saturated rings. The monoisotopic (exact) mass is 392 g/mol. The van der Waals surface area contributed by atoms with E-state index in [1.54, 1.807) is 29.5 Å². The molecule has 3 aromatic rings. The van der Waals surface area contributed by atoms with E-state index in [0.29, 0.717) is 0 Å². The zero-order valence-electron chi connectivity index (χ0n) is 11.6. The molecule has 8 heteroatoms. The Kier molecular flexibility index (Phi) is 4.63. The second-order valence-electron chi connectivity index (χ2n) is 4.51. The Morgan fingerprint density at radius 1 is 1.39 bits per heavy atom. The van der Waals surface area contributed by atoms with Crippen molar-refractivity contribution in [3.63, 3.8) is 0 Å². The zero-order valence-corrected chi connectivity index (χ0v) is 14.0. The van der Waals surface area contributed by atoms with Crippen LogP contribution in [0.1, 0.15) is 16.1 Å². The summed E-state index contributed by atoms with van der Waals surface area (Å²) in [6.45, 7) is 0. The van der Waals surface area contributed by atoms with Crippen molar-refractivity contribution < 1.29 is 9.18 Å². The first-order chi connectivity index (χ1) is 11.1. The van der Waals surface area contributed by atoms with E-state index in [1.165, 1.54) is 12.3 Å². The average molecular weight is 393 g/mol. The molecule has 0 aliphatic heterocycles. The number of hydrogen-bond donors (Lipinski definition) is 2. The average Bonchev–Trinajstić information content (AvgIpc) is 3.20. The molecule has 3 rings (SSSR count). The maximum atomic E-state index is 13.5. The van der Waals surface area contributed by atoms with E-state index >= 15 is 0 Å². The highest BCUT2D eigenvalue weighted by Gasteiger charge is 2.11. The van der Waals surface area contributed by atoms with Crippen LogP contribution in [-0.4, -0.2) is 22.3 Å². The molecular weight excluding hydrogens is 383 g/mol. The van der Waals surface area contributed by atoms with Gasteiger partial charge < -0.3 is 0 Å². The second kappa shape index (κ2) is 6.84. The topological polar surface area (TPSA) is 70.1 Å². The van der Waals surface area contributed by atoms with E-state index in [9.17, 15) is 9.18 Å². The number of aromatic nitrogens is 2. The van der Waals surface area contributed by atoms with E-state index in [1.807, 2.05) is 17.5 Å². The number of benzene rings is 1. The minimum absolute atomic E-state index is 0.209. The van der Waals surface area contributed by atoms with Crippen LogP contribution in [0.5, 0.6) is 0 Å². The number of hydrazone groups is 1. The highest BCUT2D eigenvalue weighted by atomic mass is 79.9. The van der Waals surface area contributed by atoms with Crippen LogP contribution in [-0.2, 0) is 0 Å². The largest absolute Gasteiger partial charge is 0.291 e. The second-order valence-corrected chi connectivity index (χ2v) is 6.37. The molecule has 0 saturated carbocycles. The first kappa shape index (κ1) is 15.6. The number of carbonyl (C=O) groups excluding carboxylic acids is 1. The molecular formula is C15H10BrFN4OS. The van der Waals surface area contributed by atoms with Gasteiger partial charge in [0.25, 0.3) is 5.91 Å². The summed E-state index contributed by atoms with van der Waals surface area (Å²) in [5.74, 6) is -0.901. The molecule has 2 heterocycles. The van der Waals surface area contributed by atoms with Crippen molar-refractivity contribution in [1.82, 2.24) is 15.6 Å². The lowest BCUT2D eigenvalue weighted by atomic mass is 10.2. The first-order valence-corrected chi connectivity index (χ1v) is 8.18. The van der Waals surface area contributed by atoms with Crippen molar-refractivity contribution in [2.24, 2.45) is 5.10 Å². The summed E-state index contributed by atoms with van der Waals surface area (Å²) in [6, 6.07) is 9.94. The Hall–Kier alpha value is -2.32. The van der Waals surface area contributed by atoms with Gasteiger partial charge in [-0.15, -0.1) is 11.3 Å². The van der Waals surface area contributed by atoms with Gasteiger partial charge in [-0.25, -0.2) is 9.82 Å². The number of carbonyl (C=O) groups is 1. The van der Waals surface area contributed by atoms with Crippen molar-refractivity contribution in [1.29, 1.82) is 0 Å². The number of amides is 1. The molecule has 0 aliphatic rings. The predicted molar refractivity (Wildman–Crippen MR) is 91.1 cm³/mol. The highest BCUT2D eigenvalue weighted by Crippen LogP contribution is 2.22. The molecule has 5 nitrogen and oxygen atoms in total. The molecule has 2 N–H and O–H groups in total. The number of halogens is 2. The Balaban J connectivity index is 1.68. The van der Waals surface area contributed by atoms with Gasteiger partial charge in [0, 0.05) is 10.0 Å². The summed E-state index contributed by atoms with van der Waals surface area (Å²) in [7, 11) is 0. The normalized spacial score (nSPS) is 11.0. The van der Waals surface area contributed by atoms with Gasteiger partial charge in [0.2, 0.25) is 0 Å². The fourth-order valence-electron chi connectivity index (χ4n) is 1.83. The van der Waals surface area contributed by atoms with Crippen LogP contribution in [0.3, 0.4) is 0 Å². The van der Waals surface area contributed by atoms with E-state index in [0.717, 1.165) is 15.0 Å². The fraction of sp³-hybridized carbons (Fsp3) is 0. The fourth-order valence-corrected chi connectivity index (χ4v) is 2.90. The van der Waals surface area contributed by atoms with E-state index in [2.05, 4.69) is 36.7 Å². The molecule has 2 aromatic heterocycles. The molecule has 0 unspecified atom stereocenters. The van der Waals surface area contributed by atoms with Gasteiger partial charge in [-0.3, -0.25) is 9.89 Å². The summed E-state index contributed by atoms with van der Waals surface area (Å²) < 4.78 is 14.3. The lowest BCUT2D eigenvalue weighted by molar-refractivity contribution is 0.0950. The number of rotatable bonds is 4. The molecule has 1 aromatic carbocycles. The molecule has 0 spiro atoms. The van der Waals surface area contributed by atoms with Crippen molar-refractivity contribution in [3.05, 3.63) is 63.3 Å². The maximum Gasteiger partial charge on any atom is 0.291 e. The third kappa shape index (κ3) is 3.72. The summed E-state index contributed by atoms with van der Waals surface area (Å²) >= 11 is 4.79. The molecule has 116 valence electrons. The SMILES string of the molecule is O=C(NN=Cc1cc(Br)ccc1F)c1cc(-c2cccs2)[nH]n1. The minimum Gasteiger partial charge on any atom is -0.276 e. The summed E-state index contributed by atoms with van der Waals surface area (Å²) in [5.41, 5.74) is 3.55. The van der Waals surface area contributed by atoms with E-state index in [4.69, 9.17) is 0 Å². The van der Waals surface area contributed by atoms with E-state index in [-0.39, 0.29) is 11.3 Å². The quantitative estimate of drug-likeness (QED) is 0.523. The van der Waals surface area contributed by atoms with Crippen molar-refractivity contribution in [2.45, 2.75) is 0 Å². The van der Waals surface area contributed by atoms with Gasteiger partial charge in [0.05, 0.1) is 16.8 Å². The van der Waals surface area contributed by atoms with Crippen LogP contribution in [0, 0.1) is 5.82 Å². The van der Waals surface area contributed by atoms with Gasteiger partial charge >= 0.3 is 0 Å². The maximum absolute atomic E-state index is 13.5. The zero-order chi connectivity index (χ0) is 16.2. The Morgan fingerprint density at radius 2 is 2.26 bits per heavy atom. The third-order valence-corrected chi connectivity index (χ3v) is 4.32. The summed E-state index contributed by atoms with van der Waals surface area (Å²) in [6.07, 6.45) is 1.24. The molecule has 0 bridgehead atoms. The number of nitrogens with zero attached hydrogens (tertiary/aromatic N) is 2. The summed E-state index contributed by atoms with van der Waals surface area (Å²) in [5, 5.41) is 12.4. The molecule has 0 aliphatic carbocycles. The smallest absolute Gasteiger partial charge is 0.276 e. The van der Waals surface area contributed by atoms with Gasteiger partial charge in [-0.05, 0) is 35.7 Å². The van der Waals surface area contributed by atoms with Crippen LogP contribution in [0.4, 0.5) is 4.39 Å². The third-order valence-electron chi connectivity index (χ3n) is 2.92. The number of nitrogens with one attached hydrogen (secondary N) is 2. The van der Waals surface area contributed by atoms with Crippen LogP contribution in [0.25, 0.3) is 10.6 Å². The van der Waals surface area contributed by atoms with Crippen LogP contribution in [0.15, 0.2) is 51.4 Å². The highest BCUT2D eigenvalue weighted by molar-refractivity contribution is 9.10. The minimum atomic E-state index is -0.476. The Bertz CT molecular complexity index is 860. The van der Waals surface area contributed by atoms with Gasteiger partial charge in [0.15, 0.2) is 5.69 Å². The van der Waals surface area contributed by atoms with Crippen molar-refractivity contribution in [3.8, 4) is 10.6 Å². The first-order valence-electron chi connectivity index (χ1n) is 6.51. The van der Waals surface area contributed by atoms with Crippen molar-refractivity contribution >= 4 is 39.4 Å². The lowest BCUT2D eigenvalue weighted by Crippen LogP contribution is -2.18. The summed E-state index contributed by atoms with van der Waals surface area (Å²) in [4.78, 5) is 12.9. The van der Waals surface area contributed by atoms with E-state index < -0.39 is 11.7 Å². The standard InChI is InChI=1S/C15H10BrFN4OS/c16-10-3-4-11(17)9(6-10)8-18-21-15(22)13-7-12(19-20-13)14-2-1-5-23-14/h1-8H,(H,19,20)(H,21,22). The van der Waals surface area contributed by atoms with Crippen LogP contribution >= 0.6 is 27.3 Å². The van der Waals surface area contributed by atoms with Crippen LogP contribution in [0.2, 0.25) is 0 Å². The molecule has 23 heavy (non-hydrogen) atoms. The molecule has 1 amide bonds. The Morgan fingerprint density at radius 3 is 3.04 bits per heavy atom. The lowest BCUT2D eigenvalue weighted by Gasteiger charge is -1.98. The van der Waals surface area contributed by atoms with Crippen LogP contribution < -0.4 is 5.43 Å². The van der Waals surface area contributed by atoms with Gasteiger partial charge in [-0.2, -0.15) is 10.2 Å². The molecule has 0 radical (unpaired) electrons. The van der Waals surface area contributed by atoms with Gasteiger partial charge in [-0.1, -0.05) is 22.0 Å². The molecule has 0 saturated heterocycles. The molecule has 0 atom stereocenters. The number of hydrogen-bond acceptors (Lipinski definition) is 4. The number of thiophene rings is 1. The Labute approximate surface area is 143 Å².